The van der Waals surface area contributed by atoms with Crippen LogP contribution in [-0.4, -0.2) is 44.5 Å². The molecule has 1 saturated heterocycles. The van der Waals surface area contributed by atoms with Crippen LogP contribution in [0.4, 0.5) is 4.79 Å². The molecule has 1 atom stereocenters. The maximum Gasteiger partial charge on any atom is 0.417 e. The average molecular weight is 432 g/mol. The van der Waals surface area contributed by atoms with Gasteiger partial charge in [-0.25, -0.2) is 9.69 Å². The minimum atomic E-state index is -1.90. The minimum Gasteiger partial charge on any atom is -0.447 e. The quantitative estimate of drug-likeness (QED) is 0.270. The lowest BCUT2D eigenvalue weighted by Gasteiger charge is -2.42. The van der Waals surface area contributed by atoms with Crippen LogP contribution in [0.5, 0.6) is 0 Å². The predicted octanol–water partition coefficient (Wildman–Crippen LogP) is 5.71. The summed E-state index contributed by atoms with van der Waals surface area (Å²) < 4.78 is 11.6. The summed E-state index contributed by atoms with van der Waals surface area (Å²) in [6.07, 6.45) is 3.98. The van der Waals surface area contributed by atoms with Gasteiger partial charge in [0.2, 0.25) is 0 Å². The highest BCUT2D eigenvalue weighted by Crippen LogP contribution is 2.42. The highest BCUT2D eigenvalue weighted by molar-refractivity contribution is 6.77. The van der Waals surface area contributed by atoms with Gasteiger partial charge in [-0.15, -0.1) is 0 Å². The molecule has 0 saturated carbocycles. The van der Waals surface area contributed by atoms with E-state index in [1.807, 2.05) is 36.4 Å². The van der Waals surface area contributed by atoms with Gasteiger partial charge in [-0.2, -0.15) is 0 Å². The first-order valence-electron chi connectivity index (χ1n) is 11.0. The van der Waals surface area contributed by atoms with Crippen molar-refractivity contribution in [2.75, 3.05) is 13.2 Å². The summed E-state index contributed by atoms with van der Waals surface area (Å²) in [4.78, 5) is 26.0. The van der Waals surface area contributed by atoms with Gasteiger partial charge in [0.1, 0.15) is 6.61 Å². The van der Waals surface area contributed by atoms with E-state index in [1.54, 1.807) is 0 Å². The van der Waals surface area contributed by atoms with Gasteiger partial charge < -0.3 is 9.16 Å². The number of carbonyl (C=O) groups is 2. The van der Waals surface area contributed by atoms with Gasteiger partial charge in [-0.3, -0.25) is 4.79 Å². The third-order valence-electron chi connectivity index (χ3n) is 6.12. The second kappa shape index (κ2) is 10.9. The van der Waals surface area contributed by atoms with E-state index in [2.05, 4.69) is 41.5 Å². The molecule has 0 radical (unpaired) electrons. The van der Waals surface area contributed by atoms with Crippen LogP contribution in [0.15, 0.2) is 42.5 Å². The minimum absolute atomic E-state index is 0.238. The van der Waals surface area contributed by atoms with E-state index in [4.69, 9.17) is 9.16 Å². The molecular formula is C24H37NO4Si. The fraction of sp³-hybridized carbons (Fsp3) is 0.583. The Morgan fingerprint density at radius 2 is 1.73 bits per heavy atom. The topological polar surface area (TPSA) is 55.8 Å². The fourth-order valence-corrected chi connectivity index (χ4v) is 10.3. The zero-order valence-electron chi connectivity index (χ0n) is 19.3. The molecule has 6 heteroatoms. The number of benzene rings is 1. The molecule has 30 heavy (non-hydrogen) atoms. The zero-order chi connectivity index (χ0) is 22.3. The van der Waals surface area contributed by atoms with Crippen molar-refractivity contribution in [3.63, 3.8) is 0 Å². The number of rotatable bonds is 10. The lowest BCUT2D eigenvalue weighted by atomic mass is 10.1. The van der Waals surface area contributed by atoms with Crippen LogP contribution in [0.1, 0.15) is 53.5 Å². The van der Waals surface area contributed by atoms with Crippen molar-refractivity contribution < 1.29 is 18.8 Å². The third-order valence-corrected chi connectivity index (χ3v) is 12.2. The highest BCUT2D eigenvalue weighted by atomic mass is 28.4. The van der Waals surface area contributed by atoms with Gasteiger partial charge in [0.15, 0.2) is 8.32 Å². The SMILES string of the molecule is CC(C)[Si](OCC/C=C/C(=O)N1C(=O)OC[C@@H]1Cc1ccccc1)(C(C)C)C(C)C. The zero-order valence-corrected chi connectivity index (χ0v) is 20.3. The van der Waals surface area contributed by atoms with Gasteiger partial charge in [-0.05, 0) is 41.1 Å². The van der Waals surface area contributed by atoms with Crippen LogP contribution in [0.3, 0.4) is 0 Å². The number of hydrogen-bond donors (Lipinski definition) is 0. The van der Waals surface area contributed by atoms with Crippen molar-refractivity contribution in [3.05, 3.63) is 48.0 Å². The molecular weight excluding hydrogens is 394 g/mol. The van der Waals surface area contributed by atoms with E-state index in [0.29, 0.717) is 36.1 Å². The highest BCUT2D eigenvalue weighted by Gasteiger charge is 2.44. The fourth-order valence-electron chi connectivity index (χ4n) is 4.84. The van der Waals surface area contributed by atoms with Crippen molar-refractivity contribution in [1.29, 1.82) is 0 Å². The van der Waals surface area contributed by atoms with Crippen molar-refractivity contribution in [1.82, 2.24) is 4.90 Å². The van der Waals surface area contributed by atoms with Gasteiger partial charge in [0, 0.05) is 6.61 Å². The van der Waals surface area contributed by atoms with Crippen LogP contribution >= 0.6 is 0 Å². The monoisotopic (exact) mass is 431 g/mol. The van der Waals surface area contributed by atoms with Gasteiger partial charge >= 0.3 is 6.09 Å². The average Bonchev–Trinajstić information content (AvgIpc) is 3.04. The first kappa shape index (κ1) is 24.3. The molecule has 0 N–H and O–H groups in total. The lowest BCUT2D eigenvalue weighted by Crippen LogP contribution is -2.47. The first-order chi connectivity index (χ1) is 14.2. The van der Waals surface area contributed by atoms with E-state index in [1.165, 1.54) is 11.0 Å². The molecule has 1 aliphatic rings. The summed E-state index contributed by atoms with van der Waals surface area (Å²) in [5.74, 6) is -0.321. The molecule has 0 aliphatic carbocycles. The molecule has 1 aliphatic heterocycles. The number of imide groups is 1. The van der Waals surface area contributed by atoms with Crippen molar-refractivity contribution in [2.45, 2.75) is 77.0 Å². The maximum absolute atomic E-state index is 12.6. The number of cyclic esters (lactones) is 1. The number of amides is 2. The summed E-state index contributed by atoms with van der Waals surface area (Å²) in [7, 11) is -1.90. The Kier molecular flexibility index (Phi) is 8.86. The molecule has 166 valence electrons. The second-order valence-corrected chi connectivity index (χ2v) is 14.4. The molecule has 1 aromatic carbocycles. The molecule has 1 heterocycles. The lowest BCUT2D eigenvalue weighted by molar-refractivity contribution is -0.124. The van der Waals surface area contributed by atoms with Crippen molar-refractivity contribution >= 4 is 20.3 Å². The third kappa shape index (κ3) is 5.61. The summed E-state index contributed by atoms with van der Waals surface area (Å²) >= 11 is 0. The number of carbonyl (C=O) groups excluding carboxylic acids is 2. The summed E-state index contributed by atoms with van der Waals surface area (Å²) in [5, 5.41) is 0. The summed E-state index contributed by atoms with van der Waals surface area (Å²) in [5.41, 5.74) is 2.66. The van der Waals surface area contributed by atoms with E-state index < -0.39 is 14.4 Å². The van der Waals surface area contributed by atoms with Crippen molar-refractivity contribution in [3.8, 4) is 0 Å². The Balaban J connectivity index is 1.93. The Hall–Kier alpha value is -1.92. The van der Waals surface area contributed by atoms with Crippen molar-refractivity contribution in [2.24, 2.45) is 0 Å². The molecule has 2 amide bonds. The second-order valence-electron chi connectivity index (χ2n) is 8.99. The first-order valence-corrected chi connectivity index (χ1v) is 13.2. The van der Waals surface area contributed by atoms with Crippen LogP contribution in [0, 0.1) is 0 Å². The number of hydrogen-bond acceptors (Lipinski definition) is 4. The maximum atomic E-state index is 12.6. The molecule has 0 spiro atoms. The smallest absolute Gasteiger partial charge is 0.417 e. The Morgan fingerprint density at radius 3 is 2.30 bits per heavy atom. The number of nitrogens with zero attached hydrogens (tertiary/aromatic N) is 1. The molecule has 1 aromatic rings. The van der Waals surface area contributed by atoms with E-state index in [0.717, 1.165) is 5.56 Å². The molecule has 2 rings (SSSR count). The van der Waals surface area contributed by atoms with Crippen LogP contribution in [0.2, 0.25) is 16.6 Å². The normalized spacial score (nSPS) is 17.6. The Bertz CT molecular complexity index is 708. The Morgan fingerprint density at radius 1 is 1.13 bits per heavy atom. The van der Waals surface area contributed by atoms with Gasteiger partial charge in [-0.1, -0.05) is 78.0 Å². The Labute approximate surface area is 182 Å². The largest absolute Gasteiger partial charge is 0.447 e. The van der Waals surface area contributed by atoms with Crippen LogP contribution < -0.4 is 0 Å². The predicted molar refractivity (Wildman–Crippen MR) is 123 cm³/mol. The molecule has 0 bridgehead atoms. The molecule has 1 fully saturated rings. The molecule has 0 aromatic heterocycles. The van der Waals surface area contributed by atoms with Crippen LogP contribution in [-0.2, 0) is 20.4 Å². The van der Waals surface area contributed by atoms with Gasteiger partial charge in [0.05, 0.1) is 6.04 Å². The van der Waals surface area contributed by atoms with Crippen LogP contribution in [0.25, 0.3) is 0 Å². The summed E-state index contributed by atoms with van der Waals surface area (Å²) in [6.45, 7) is 14.4. The van der Waals surface area contributed by atoms with E-state index in [-0.39, 0.29) is 18.6 Å². The standard InChI is InChI=1S/C24H37NO4Si/c1-18(2)30(19(3)4,20(5)6)29-15-11-10-14-23(26)25-22(17-28-24(25)27)16-21-12-8-7-9-13-21/h7-10,12-14,18-20,22H,11,15-17H2,1-6H3/b14-10+/t22-/m0/s1. The molecule has 0 unspecified atom stereocenters. The van der Waals surface area contributed by atoms with Gasteiger partial charge in [0.25, 0.3) is 5.91 Å². The number of ether oxygens (including phenoxy) is 1. The summed E-state index contributed by atoms with van der Waals surface area (Å²) in [6, 6.07) is 9.57. The molecule has 5 nitrogen and oxygen atoms in total. The van der Waals surface area contributed by atoms with E-state index in [9.17, 15) is 9.59 Å². The van der Waals surface area contributed by atoms with E-state index >= 15 is 0 Å².